The number of hydrogen-bond acceptors (Lipinski definition) is 6. The Labute approximate surface area is 112 Å². The first-order valence-corrected chi connectivity index (χ1v) is 7.51. The van der Waals surface area contributed by atoms with Gasteiger partial charge in [-0.2, -0.15) is 16.7 Å². The van der Waals surface area contributed by atoms with E-state index in [9.17, 15) is 0 Å². The van der Waals surface area contributed by atoms with Crippen molar-refractivity contribution in [3.63, 3.8) is 0 Å². The van der Waals surface area contributed by atoms with Gasteiger partial charge in [0.1, 0.15) is 0 Å². The monoisotopic (exact) mass is 271 g/mol. The van der Waals surface area contributed by atoms with Crippen LogP contribution in [0.15, 0.2) is 4.52 Å². The van der Waals surface area contributed by atoms with Crippen molar-refractivity contribution in [1.29, 1.82) is 0 Å². The average molecular weight is 271 g/mol. The second-order valence-electron chi connectivity index (χ2n) is 5.00. The van der Waals surface area contributed by atoms with Crippen molar-refractivity contribution < 1.29 is 9.26 Å². The second-order valence-corrected chi connectivity index (χ2v) is 6.03. The second kappa shape index (κ2) is 6.54. The van der Waals surface area contributed by atoms with Gasteiger partial charge in [-0.1, -0.05) is 19.0 Å². The fourth-order valence-electron chi connectivity index (χ4n) is 1.94. The van der Waals surface area contributed by atoms with Gasteiger partial charge in [-0.15, -0.1) is 0 Å². The van der Waals surface area contributed by atoms with Gasteiger partial charge in [0.2, 0.25) is 5.89 Å². The van der Waals surface area contributed by atoms with Crippen LogP contribution in [0.1, 0.15) is 31.5 Å². The molecule has 0 aromatic carbocycles. The van der Waals surface area contributed by atoms with Crippen molar-refractivity contribution >= 4 is 11.8 Å². The van der Waals surface area contributed by atoms with Crippen LogP contribution in [0.5, 0.6) is 0 Å². The predicted octanol–water partition coefficient (Wildman–Crippen LogP) is 1.66. The summed E-state index contributed by atoms with van der Waals surface area (Å²) in [5, 5.41) is 7.26. The molecule has 0 radical (unpaired) electrons. The molecular formula is C12H21N3O2S. The zero-order valence-electron chi connectivity index (χ0n) is 11.2. The van der Waals surface area contributed by atoms with E-state index in [4.69, 9.17) is 9.26 Å². The minimum Gasteiger partial charge on any atom is -0.379 e. The Morgan fingerprint density at radius 1 is 1.44 bits per heavy atom. The highest BCUT2D eigenvalue weighted by atomic mass is 32.2. The van der Waals surface area contributed by atoms with Gasteiger partial charge in [-0.3, -0.25) is 0 Å². The summed E-state index contributed by atoms with van der Waals surface area (Å²) in [5.74, 6) is 4.31. The first-order valence-electron chi connectivity index (χ1n) is 6.36. The van der Waals surface area contributed by atoms with Gasteiger partial charge in [0.25, 0.3) is 0 Å². The maximum atomic E-state index is 5.44. The molecule has 0 bridgehead atoms. The Morgan fingerprint density at radius 3 is 3.00 bits per heavy atom. The number of hydrogen-bond donors (Lipinski definition) is 1. The standard InChI is InChI=1S/C12H21N3O2S/c1-8(2)6-18-7-11-14-12(17-15-11)9-4-16-5-10(9)13-3/h8-10,13H,4-7H2,1-3H3. The number of aromatic nitrogens is 2. The molecule has 1 N–H and O–H groups in total. The quantitative estimate of drug-likeness (QED) is 0.849. The largest absolute Gasteiger partial charge is 0.379 e. The third-order valence-electron chi connectivity index (χ3n) is 2.93. The van der Waals surface area contributed by atoms with Crippen LogP contribution in [-0.2, 0) is 10.5 Å². The smallest absolute Gasteiger partial charge is 0.233 e. The lowest BCUT2D eigenvalue weighted by molar-refractivity contribution is 0.185. The van der Waals surface area contributed by atoms with Crippen LogP contribution < -0.4 is 5.32 Å². The summed E-state index contributed by atoms with van der Waals surface area (Å²) in [6.45, 7) is 5.79. The van der Waals surface area contributed by atoms with E-state index >= 15 is 0 Å². The lowest BCUT2D eigenvalue weighted by Crippen LogP contribution is -2.31. The maximum Gasteiger partial charge on any atom is 0.233 e. The van der Waals surface area contributed by atoms with Crippen molar-refractivity contribution in [3.8, 4) is 0 Å². The van der Waals surface area contributed by atoms with Crippen LogP contribution in [0, 0.1) is 5.92 Å². The Balaban J connectivity index is 1.89. The summed E-state index contributed by atoms with van der Waals surface area (Å²) >= 11 is 1.84. The summed E-state index contributed by atoms with van der Waals surface area (Å²) in [7, 11) is 1.93. The lowest BCUT2D eigenvalue weighted by atomic mass is 10.0. The van der Waals surface area contributed by atoms with Gasteiger partial charge >= 0.3 is 0 Å². The number of nitrogens with one attached hydrogen (secondary N) is 1. The summed E-state index contributed by atoms with van der Waals surface area (Å²) < 4.78 is 10.8. The molecule has 5 nitrogen and oxygen atoms in total. The lowest BCUT2D eigenvalue weighted by Gasteiger charge is -2.11. The van der Waals surface area contributed by atoms with E-state index in [2.05, 4.69) is 29.3 Å². The Hall–Kier alpha value is -0.590. The molecule has 1 saturated heterocycles. The van der Waals surface area contributed by atoms with Crippen LogP contribution in [0.25, 0.3) is 0 Å². The molecule has 1 fully saturated rings. The van der Waals surface area contributed by atoms with Gasteiger partial charge in [0.15, 0.2) is 5.82 Å². The topological polar surface area (TPSA) is 60.2 Å². The highest BCUT2D eigenvalue weighted by molar-refractivity contribution is 7.98. The molecule has 0 aliphatic carbocycles. The summed E-state index contributed by atoms with van der Waals surface area (Å²) in [6.07, 6.45) is 0. The fraction of sp³-hybridized carbons (Fsp3) is 0.833. The van der Waals surface area contributed by atoms with Gasteiger partial charge in [0, 0.05) is 6.04 Å². The average Bonchev–Trinajstić information content (AvgIpc) is 2.95. The molecule has 1 aromatic rings. The molecule has 1 aromatic heterocycles. The zero-order valence-corrected chi connectivity index (χ0v) is 12.0. The number of ether oxygens (including phenoxy) is 1. The number of rotatable bonds is 6. The molecule has 2 atom stereocenters. The van der Waals surface area contributed by atoms with Crippen LogP contribution in [0.4, 0.5) is 0 Å². The summed E-state index contributed by atoms with van der Waals surface area (Å²) in [4.78, 5) is 4.47. The molecule has 2 unspecified atom stereocenters. The van der Waals surface area contributed by atoms with E-state index in [0.717, 1.165) is 17.3 Å². The normalized spacial score (nSPS) is 24.0. The van der Waals surface area contributed by atoms with E-state index in [1.807, 2.05) is 18.8 Å². The molecule has 2 heterocycles. The number of nitrogens with zero attached hydrogens (tertiary/aromatic N) is 2. The van der Waals surface area contributed by atoms with E-state index in [-0.39, 0.29) is 12.0 Å². The maximum absolute atomic E-state index is 5.44. The van der Waals surface area contributed by atoms with Gasteiger partial charge < -0.3 is 14.6 Å². The van der Waals surface area contributed by atoms with Crippen LogP contribution in [0.3, 0.4) is 0 Å². The molecule has 6 heteroatoms. The Bertz CT molecular complexity index is 370. The molecule has 18 heavy (non-hydrogen) atoms. The van der Waals surface area contributed by atoms with Crippen LogP contribution >= 0.6 is 11.8 Å². The van der Waals surface area contributed by atoms with Crippen molar-refractivity contribution in [1.82, 2.24) is 15.5 Å². The minimum absolute atomic E-state index is 0.186. The Kier molecular flexibility index (Phi) is 5.03. The van der Waals surface area contributed by atoms with Gasteiger partial charge in [-0.05, 0) is 18.7 Å². The highest BCUT2D eigenvalue weighted by Crippen LogP contribution is 2.25. The van der Waals surface area contributed by atoms with Crippen molar-refractivity contribution in [2.24, 2.45) is 5.92 Å². The Morgan fingerprint density at radius 2 is 2.28 bits per heavy atom. The molecule has 0 saturated carbocycles. The fourth-order valence-corrected chi connectivity index (χ4v) is 2.83. The number of likely N-dealkylation sites (N-methyl/N-ethyl adjacent to an activating group) is 1. The van der Waals surface area contributed by atoms with E-state index in [1.54, 1.807) is 0 Å². The summed E-state index contributed by atoms with van der Waals surface area (Å²) in [6, 6.07) is 0.279. The highest BCUT2D eigenvalue weighted by Gasteiger charge is 2.32. The first-order chi connectivity index (χ1) is 8.70. The number of thioether (sulfide) groups is 1. The van der Waals surface area contributed by atoms with Crippen LogP contribution in [-0.4, -0.2) is 42.2 Å². The SMILES string of the molecule is CNC1COCC1c1nc(CSCC(C)C)no1. The predicted molar refractivity (Wildman–Crippen MR) is 71.7 cm³/mol. The summed E-state index contributed by atoms with van der Waals surface area (Å²) in [5.41, 5.74) is 0. The van der Waals surface area contributed by atoms with Crippen molar-refractivity contribution in [2.75, 3.05) is 26.0 Å². The van der Waals surface area contributed by atoms with Gasteiger partial charge in [0.05, 0.1) is 24.9 Å². The molecular weight excluding hydrogens is 250 g/mol. The third-order valence-corrected chi connectivity index (χ3v) is 4.30. The van der Waals surface area contributed by atoms with E-state index in [0.29, 0.717) is 25.0 Å². The van der Waals surface area contributed by atoms with Crippen molar-refractivity contribution in [3.05, 3.63) is 11.7 Å². The van der Waals surface area contributed by atoms with Crippen LogP contribution in [0.2, 0.25) is 0 Å². The molecule has 1 aliphatic rings. The molecule has 1 aliphatic heterocycles. The van der Waals surface area contributed by atoms with Gasteiger partial charge in [-0.25, -0.2) is 0 Å². The van der Waals surface area contributed by atoms with E-state index in [1.165, 1.54) is 0 Å². The molecule has 0 amide bonds. The van der Waals surface area contributed by atoms with E-state index < -0.39 is 0 Å². The first kappa shape index (κ1) is 13.8. The zero-order chi connectivity index (χ0) is 13.0. The minimum atomic E-state index is 0.186. The molecule has 2 rings (SSSR count). The molecule has 0 spiro atoms. The molecule has 102 valence electrons. The third kappa shape index (κ3) is 3.46. The van der Waals surface area contributed by atoms with Crippen molar-refractivity contribution in [2.45, 2.75) is 31.6 Å².